The highest BCUT2D eigenvalue weighted by Gasteiger charge is 2.40. The van der Waals surface area contributed by atoms with Crippen LogP contribution in [0.2, 0.25) is 0 Å². The van der Waals surface area contributed by atoms with E-state index < -0.39 is 77.7 Å². The Morgan fingerprint density at radius 3 is 2.33 bits per heavy atom. The largest absolute Gasteiger partial charge is 0.480 e. The SMILES string of the molecule is CC(C)C[C@H](NC(=O)[C@H]1CCC(=O)N[C@H](CCCN=C(N)N)C(=O)N[C@@H](CCCCN)C(=O)N2CCC[C@H]2C(=O)N[C@@H](Cc2c[nH]c3ccccc23)C(=O)N1)C(=O)O. The van der Waals surface area contributed by atoms with E-state index in [2.05, 4.69) is 36.6 Å². The van der Waals surface area contributed by atoms with E-state index in [0.717, 1.165) is 10.9 Å². The van der Waals surface area contributed by atoms with Gasteiger partial charge in [-0.15, -0.1) is 0 Å². The van der Waals surface area contributed by atoms with E-state index in [4.69, 9.17) is 17.2 Å². The van der Waals surface area contributed by atoms with Crippen LogP contribution in [-0.2, 0) is 40.0 Å². The van der Waals surface area contributed by atoms with Crippen molar-refractivity contribution >= 4 is 58.3 Å². The molecule has 19 nitrogen and oxygen atoms in total. The number of aromatic nitrogens is 1. The number of amides is 6. The van der Waals surface area contributed by atoms with Gasteiger partial charge in [-0.25, -0.2) is 4.79 Å². The molecule has 2 fully saturated rings. The Hall–Kier alpha value is -5.72. The van der Waals surface area contributed by atoms with Crippen LogP contribution in [0.4, 0.5) is 0 Å². The molecule has 13 N–H and O–H groups in total. The molecule has 318 valence electrons. The third-order valence-electron chi connectivity index (χ3n) is 10.3. The average Bonchev–Trinajstić information content (AvgIpc) is 3.83. The number of nitrogens with two attached hydrogens (primary N) is 3. The Kier molecular flexibility index (Phi) is 16.8. The minimum Gasteiger partial charge on any atom is -0.480 e. The van der Waals surface area contributed by atoms with Crippen LogP contribution in [0.15, 0.2) is 35.5 Å². The molecule has 2 saturated heterocycles. The number of aliphatic imine (C=N–C) groups is 1. The molecule has 0 radical (unpaired) electrons. The monoisotopic (exact) mass is 809 g/mol. The smallest absolute Gasteiger partial charge is 0.326 e. The van der Waals surface area contributed by atoms with E-state index >= 15 is 0 Å². The molecule has 19 heteroatoms. The van der Waals surface area contributed by atoms with Gasteiger partial charge in [0, 0.05) is 43.0 Å². The van der Waals surface area contributed by atoms with Gasteiger partial charge in [0.1, 0.15) is 36.3 Å². The van der Waals surface area contributed by atoms with Gasteiger partial charge in [0.05, 0.1) is 0 Å². The first-order valence-corrected chi connectivity index (χ1v) is 20.0. The van der Waals surface area contributed by atoms with Gasteiger partial charge in [-0.1, -0.05) is 32.0 Å². The van der Waals surface area contributed by atoms with E-state index in [-0.39, 0.29) is 69.9 Å². The fraction of sp³-hybridized carbons (Fsp3) is 0.590. The van der Waals surface area contributed by atoms with Crippen LogP contribution in [0, 0.1) is 5.92 Å². The number of aliphatic carboxylic acids is 1. The molecule has 1 aromatic carbocycles. The van der Waals surface area contributed by atoms with Crippen molar-refractivity contribution in [3.05, 3.63) is 36.0 Å². The molecule has 58 heavy (non-hydrogen) atoms. The summed E-state index contributed by atoms with van der Waals surface area (Å²) in [6.07, 6.45) is 3.58. The van der Waals surface area contributed by atoms with Crippen LogP contribution >= 0.6 is 0 Å². The molecule has 3 heterocycles. The molecular formula is C39H59N11O8. The number of aromatic amines is 1. The van der Waals surface area contributed by atoms with Crippen molar-refractivity contribution in [1.29, 1.82) is 0 Å². The number of guanidine groups is 1. The van der Waals surface area contributed by atoms with E-state index in [1.54, 1.807) is 20.0 Å². The number of carboxylic acids is 1. The lowest BCUT2D eigenvalue weighted by Gasteiger charge is -2.31. The summed E-state index contributed by atoms with van der Waals surface area (Å²) in [7, 11) is 0. The van der Waals surface area contributed by atoms with Crippen LogP contribution < -0.4 is 43.8 Å². The van der Waals surface area contributed by atoms with Gasteiger partial charge in [0.2, 0.25) is 35.4 Å². The van der Waals surface area contributed by atoms with Crippen molar-refractivity contribution in [2.75, 3.05) is 19.6 Å². The maximum atomic E-state index is 14.3. The highest BCUT2D eigenvalue weighted by atomic mass is 16.4. The quantitative estimate of drug-likeness (QED) is 0.0605. The zero-order valence-corrected chi connectivity index (χ0v) is 33.3. The molecule has 0 unspecified atom stereocenters. The van der Waals surface area contributed by atoms with Gasteiger partial charge in [-0.05, 0) is 81.9 Å². The first-order valence-electron chi connectivity index (χ1n) is 20.0. The molecule has 6 atom stereocenters. The van der Waals surface area contributed by atoms with Gasteiger partial charge in [-0.2, -0.15) is 0 Å². The van der Waals surface area contributed by atoms with Gasteiger partial charge >= 0.3 is 5.97 Å². The standard InChI is InChI=1S/C39H59N11O8/c1-22(2)19-30(38(57)58)49-34(53)27-14-15-32(51)45-26(12-7-17-43-39(41)42)33(52)47-28(11-5-6-16-40)37(56)50-18-8-13-31(50)36(55)48-29(35(54)46-27)20-23-21-44-25-10-4-3-9-24(23)25/h3-4,9-10,21-22,26-31,44H,5-8,11-20,40H2,1-2H3,(H,45,51)(H,46,54)(H,47,52)(H,48,55)(H,49,53)(H,57,58)(H4,41,42,43)/t26-,27-,28+,29+,30+,31+/m1/s1. The summed E-state index contributed by atoms with van der Waals surface area (Å²) in [5.74, 6) is -5.50. The predicted octanol–water partition coefficient (Wildman–Crippen LogP) is -0.768. The minimum absolute atomic E-state index is 0.0124. The summed E-state index contributed by atoms with van der Waals surface area (Å²) >= 11 is 0. The number of nitrogens with zero attached hydrogens (tertiary/aromatic N) is 2. The van der Waals surface area contributed by atoms with Crippen LogP contribution in [0.25, 0.3) is 10.9 Å². The highest BCUT2D eigenvalue weighted by molar-refractivity contribution is 5.98. The summed E-state index contributed by atoms with van der Waals surface area (Å²) in [4.78, 5) is 105. The number of fused-ring (bicyclic) bond motifs is 2. The lowest BCUT2D eigenvalue weighted by atomic mass is 10.0. The molecular weight excluding hydrogens is 750 g/mol. The lowest BCUT2D eigenvalue weighted by Crippen LogP contribution is -2.59. The minimum atomic E-state index is -1.42. The van der Waals surface area contributed by atoms with Gasteiger partial charge in [-0.3, -0.25) is 33.8 Å². The van der Waals surface area contributed by atoms with E-state index in [9.17, 15) is 38.7 Å². The molecule has 0 saturated carbocycles. The van der Waals surface area contributed by atoms with Crippen molar-refractivity contribution in [2.24, 2.45) is 28.1 Å². The molecule has 0 aliphatic carbocycles. The number of carboxylic acid groups (broad SMARTS) is 1. The predicted molar refractivity (Wildman–Crippen MR) is 216 cm³/mol. The van der Waals surface area contributed by atoms with E-state index in [1.807, 2.05) is 24.3 Å². The maximum Gasteiger partial charge on any atom is 0.326 e. The summed E-state index contributed by atoms with van der Waals surface area (Å²) in [5.41, 5.74) is 18.2. The molecule has 0 spiro atoms. The van der Waals surface area contributed by atoms with Crippen LogP contribution in [-0.4, -0.2) is 118 Å². The Morgan fingerprint density at radius 1 is 0.914 bits per heavy atom. The number of H-pyrrole nitrogens is 1. The third kappa shape index (κ3) is 12.9. The molecule has 2 aliphatic heterocycles. The van der Waals surface area contributed by atoms with E-state index in [1.165, 1.54) is 4.90 Å². The second-order valence-corrected chi connectivity index (χ2v) is 15.4. The van der Waals surface area contributed by atoms with Crippen molar-refractivity contribution in [1.82, 2.24) is 36.5 Å². The number of hydrogen-bond donors (Lipinski definition) is 10. The normalized spacial score (nSPS) is 22.9. The zero-order chi connectivity index (χ0) is 42.4. The van der Waals surface area contributed by atoms with Crippen LogP contribution in [0.1, 0.15) is 83.6 Å². The third-order valence-corrected chi connectivity index (χ3v) is 10.3. The van der Waals surface area contributed by atoms with Crippen molar-refractivity contribution in [3.63, 3.8) is 0 Å². The number of unbranched alkanes of at least 4 members (excludes halogenated alkanes) is 1. The van der Waals surface area contributed by atoms with Crippen molar-refractivity contribution < 1.29 is 38.7 Å². The Labute approximate surface area is 337 Å². The number of nitrogens with one attached hydrogen (secondary N) is 6. The maximum absolute atomic E-state index is 14.3. The van der Waals surface area contributed by atoms with E-state index in [0.29, 0.717) is 37.8 Å². The molecule has 1 aromatic heterocycles. The lowest BCUT2D eigenvalue weighted by molar-refractivity contribution is -0.143. The summed E-state index contributed by atoms with van der Waals surface area (Å²) in [5, 5.41) is 24.2. The first-order chi connectivity index (χ1) is 27.7. The first kappa shape index (κ1) is 45.0. The molecule has 2 aliphatic rings. The second kappa shape index (κ2) is 21.7. The van der Waals surface area contributed by atoms with Crippen LogP contribution in [0.3, 0.4) is 0 Å². The number of hydrogen-bond acceptors (Lipinski definition) is 9. The zero-order valence-electron chi connectivity index (χ0n) is 33.3. The molecule has 4 rings (SSSR count). The Balaban J connectivity index is 1.74. The molecule has 2 aromatic rings. The highest BCUT2D eigenvalue weighted by Crippen LogP contribution is 2.23. The summed E-state index contributed by atoms with van der Waals surface area (Å²) < 4.78 is 0. The van der Waals surface area contributed by atoms with Crippen molar-refractivity contribution in [2.45, 2.75) is 121 Å². The number of carbonyl (C=O) groups is 7. The van der Waals surface area contributed by atoms with Crippen molar-refractivity contribution in [3.8, 4) is 0 Å². The number of para-hydroxylation sites is 1. The fourth-order valence-corrected chi connectivity index (χ4v) is 7.34. The van der Waals surface area contributed by atoms with Gasteiger partial charge < -0.3 is 58.8 Å². The average molecular weight is 810 g/mol. The fourth-order valence-electron chi connectivity index (χ4n) is 7.34. The summed E-state index contributed by atoms with van der Waals surface area (Å²) in [6.45, 7) is 4.33. The topological polar surface area (TPSA) is 309 Å². The van der Waals surface area contributed by atoms with Gasteiger partial charge in [0.25, 0.3) is 0 Å². The number of rotatable bonds is 15. The number of carbonyl (C=O) groups excluding carboxylic acids is 6. The second-order valence-electron chi connectivity index (χ2n) is 15.4. The van der Waals surface area contributed by atoms with Gasteiger partial charge in [0.15, 0.2) is 5.96 Å². The van der Waals surface area contributed by atoms with Crippen LogP contribution in [0.5, 0.6) is 0 Å². The number of benzene rings is 1. The molecule has 6 amide bonds. The molecule has 0 bridgehead atoms. The summed E-state index contributed by atoms with van der Waals surface area (Å²) in [6, 6.07) is 0.265. The Morgan fingerprint density at radius 2 is 1.62 bits per heavy atom. The Bertz CT molecular complexity index is 1810.